The quantitative estimate of drug-likeness (QED) is 0.599. The smallest absolute Gasteiger partial charge is 0.318 e. The van der Waals surface area contributed by atoms with Crippen LogP contribution in [0.25, 0.3) is 6.08 Å². The molecule has 0 amide bonds. The highest BCUT2D eigenvalue weighted by Crippen LogP contribution is 1.96. The van der Waals surface area contributed by atoms with Gasteiger partial charge in [-0.2, -0.15) is 0 Å². The van der Waals surface area contributed by atoms with E-state index in [0.717, 1.165) is 13.0 Å². The zero-order chi connectivity index (χ0) is 7.23. The summed E-state index contributed by atoms with van der Waals surface area (Å²) in [6.07, 6.45) is 5.20. The molecule has 0 fully saturated rings. The van der Waals surface area contributed by atoms with E-state index in [4.69, 9.17) is 5.02 Å². The Hall–Kier alpha value is -1.09. The molecule has 0 unspecified atom stereocenters. The second-order valence-corrected chi connectivity index (χ2v) is 1.79. The normalized spacial score (nSPS) is 10.1. The van der Waals surface area contributed by atoms with Gasteiger partial charge in [-0.15, -0.1) is 0 Å². The first kappa shape index (κ1) is 7.03. The molecule has 1 rings (SSSR count). The molecule has 0 aliphatic rings. The third-order valence-corrected chi connectivity index (χ3v) is 1.06. The summed E-state index contributed by atoms with van der Waals surface area (Å²) in [4.78, 5) is 3.89. The minimum atomic E-state index is 0.979. The molecular weight excluding hydrogens is 125 g/mol. The number of hydrogen-bond donors (Lipinski definition) is 1. The fourth-order valence-electron chi connectivity index (χ4n) is 0.629. The Kier molecular flexibility index (Phi) is 2.71. The number of aromatic nitrogens is 1. The fourth-order valence-corrected chi connectivity index (χ4v) is 0.629. The molecule has 0 saturated carbocycles. The molecule has 0 aromatic carbocycles. The van der Waals surface area contributed by atoms with E-state index in [0.29, 0.717) is 0 Å². The minimum Gasteiger partial charge on any atom is -0.450 e. The van der Waals surface area contributed by atoms with Crippen LogP contribution in [0.15, 0.2) is 30.5 Å². The summed E-state index contributed by atoms with van der Waals surface area (Å²) in [5.41, 5.74) is 0.979. The van der Waals surface area contributed by atoms with Gasteiger partial charge in [0.05, 0.1) is 0 Å². The molecule has 1 aromatic heterocycles. The third-order valence-electron chi connectivity index (χ3n) is 1.06. The maximum absolute atomic E-state index is 8.30. The summed E-state index contributed by atoms with van der Waals surface area (Å²) in [5.74, 6) is 1.55. The average Bonchev–Trinajstić information content (AvgIpc) is 2.03. The van der Waals surface area contributed by atoms with Crippen LogP contribution in [-0.4, -0.2) is 17.5 Å². The molecule has 1 aromatic rings. The van der Waals surface area contributed by atoms with Crippen LogP contribution < -0.4 is 0 Å². The molecule has 1 heterocycles. The maximum atomic E-state index is 8.30. The van der Waals surface area contributed by atoms with E-state index in [1.54, 1.807) is 24.4 Å². The highest BCUT2D eigenvalue weighted by atomic mass is 16.2. The van der Waals surface area contributed by atoms with Gasteiger partial charge < -0.3 is 5.02 Å². The zero-order valence-electron chi connectivity index (χ0n) is 5.44. The van der Waals surface area contributed by atoms with Crippen molar-refractivity contribution in [2.24, 2.45) is 0 Å². The predicted octanol–water partition coefficient (Wildman–Crippen LogP) is 0.664. The lowest BCUT2D eigenvalue weighted by Gasteiger charge is -1.87. The number of nitrogens with zero attached hydrogens (tertiary/aromatic N) is 1. The van der Waals surface area contributed by atoms with Crippen LogP contribution in [-0.2, 0) is 0 Å². The van der Waals surface area contributed by atoms with Crippen LogP contribution >= 0.6 is 0 Å². The topological polar surface area (TPSA) is 33.1 Å². The molecular formula is C7H7BNO. The van der Waals surface area contributed by atoms with Crippen LogP contribution in [0.2, 0.25) is 0 Å². The number of hydrogen-bond acceptors (Lipinski definition) is 2. The minimum absolute atomic E-state index is 0.979. The van der Waals surface area contributed by atoms with E-state index in [1.165, 1.54) is 0 Å². The van der Waals surface area contributed by atoms with Gasteiger partial charge >= 0.3 is 7.48 Å². The van der Waals surface area contributed by atoms with Gasteiger partial charge in [0, 0.05) is 12.4 Å². The number of pyridine rings is 1. The van der Waals surface area contributed by atoms with Crippen molar-refractivity contribution in [3.63, 3.8) is 0 Å². The van der Waals surface area contributed by atoms with Crippen molar-refractivity contribution in [3.05, 3.63) is 36.1 Å². The zero-order valence-corrected chi connectivity index (χ0v) is 5.44. The first-order valence-corrected chi connectivity index (χ1v) is 2.97. The molecule has 10 heavy (non-hydrogen) atoms. The molecule has 1 N–H and O–H groups in total. The van der Waals surface area contributed by atoms with Crippen molar-refractivity contribution in [1.29, 1.82) is 0 Å². The Bertz CT molecular complexity index is 210. The summed E-state index contributed by atoms with van der Waals surface area (Å²) < 4.78 is 0. The van der Waals surface area contributed by atoms with E-state index >= 15 is 0 Å². The van der Waals surface area contributed by atoms with E-state index in [1.807, 2.05) is 12.1 Å². The van der Waals surface area contributed by atoms with Crippen molar-refractivity contribution in [1.82, 2.24) is 4.98 Å². The largest absolute Gasteiger partial charge is 0.450 e. The van der Waals surface area contributed by atoms with Crippen LogP contribution in [0, 0.1) is 0 Å². The second-order valence-electron chi connectivity index (χ2n) is 1.79. The molecule has 0 bridgehead atoms. The van der Waals surface area contributed by atoms with Gasteiger partial charge in [0.1, 0.15) is 0 Å². The van der Waals surface area contributed by atoms with E-state index < -0.39 is 0 Å². The van der Waals surface area contributed by atoms with Gasteiger partial charge in [-0.25, -0.2) is 0 Å². The van der Waals surface area contributed by atoms with Gasteiger partial charge in [0.2, 0.25) is 0 Å². The highest BCUT2D eigenvalue weighted by molar-refractivity contribution is 6.33. The lowest BCUT2D eigenvalue weighted by molar-refractivity contribution is 0.615. The van der Waals surface area contributed by atoms with Gasteiger partial charge in [-0.05, 0) is 11.6 Å². The summed E-state index contributed by atoms with van der Waals surface area (Å²) in [6, 6.07) is 3.75. The Morgan fingerprint density at radius 1 is 1.60 bits per heavy atom. The summed E-state index contributed by atoms with van der Waals surface area (Å²) in [7, 11) is 0.993. The van der Waals surface area contributed by atoms with Crippen molar-refractivity contribution >= 4 is 13.6 Å². The van der Waals surface area contributed by atoms with Gasteiger partial charge in [0.15, 0.2) is 0 Å². The van der Waals surface area contributed by atoms with Gasteiger partial charge in [-0.1, -0.05) is 18.1 Å². The summed E-state index contributed by atoms with van der Waals surface area (Å²) in [6.45, 7) is 0. The molecule has 0 atom stereocenters. The molecule has 0 aliphatic carbocycles. The van der Waals surface area contributed by atoms with E-state index in [-0.39, 0.29) is 0 Å². The fraction of sp³-hybridized carbons (Fsp3) is 0. The Labute approximate surface area is 60.5 Å². The second kappa shape index (κ2) is 3.85. The molecule has 0 saturated heterocycles. The van der Waals surface area contributed by atoms with E-state index in [9.17, 15) is 0 Å². The van der Waals surface area contributed by atoms with Crippen molar-refractivity contribution in [2.75, 3.05) is 0 Å². The van der Waals surface area contributed by atoms with E-state index in [2.05, 4.69) is 4.98 Å². The lowest BCUT2D eigenvalue weighted by atomic mass is 10.0. The van der Waals surface area contributed by atoms with Crippen LogP contribution in [0.5, 0.6) is 0 Å². The van der Waals surface area contributed by atoms with Crippen molar-refractivity contribution in [2.45, 2.75) is 0 Å². The lowest BCUT2D eigenvalue weighted by Crippen LogP contribution is -1.78. The van der Waals surface area contributed by atoms with Crippen molar-refractivity contribution < 1.29 is 5.02 Å². The number of rotatable bonds is 2. The summed E-state index contributed by atoms with van der Waals surface area (Å²) >= 11 is 0. The molecule has 0 spiro atoms. The molecule has 1 radical (unpaired) electrons. The Morgan fingerprint density at radius 3 is 3.10 bits per heavy atom. The SMILES string of the molecule is O[B]C=Cc1cccnc1. The first-order chi connectivity index (χ1) is 4.93. The van der Waals surface area contributed by atoms with Crippen LogP contribution in [0.1, 0.15) is 5.56 Å². The molecule has 0 aliphatic heterocycles. The third kappa shape index (κ3) is 2.03. The summed E-state index contributed by atoms with van der Waals surface area (Å²) in [5, 5.41) is 8.30. The van der Waals surface area contributed by atoms with Crippen molar-refractivity contribution in [3.8, 4) is 0 Å². The Balaban J connectivity index is 2.67. The Morgan fingerprint density at radius 2 is 2.50 bits per heavy atom. The molecule has 3 heteroatoms. The first-order valence-electron chi connectivity index (χ1n) is 2.97. The molecule has 49 valence electrons. The average molecular weight is 132 g/mol. The molecule has 2 nitrogen and oxygen atoms in total. The van der Waals surface area contributed by atoms with Gasteiger partial charge in [-0.3, -0.25) is 4.98 Å². The standard InChI is InChI=1S/C7H7BNO/c10-8-4-3-7-2-1-5-9-6-7/h1-6,10H. The maximum Gasteiger partial charge on any atom is 0.318 e. The van der Waals surface area contributed by atoms with Gasteiger partial charge in [0.25, 0.3) is 0 Å². The predicted molar refractivity (Wildman–Crippen MR) is 41.2 cm³/mol. The van der Waals surface area contributed by atoms with Crippen LogP contribution in [0.3, 0.4) is 0 Å². The highest BCUT2D eigenvalue weighted by Gasteiger charge is 1.81. The van der Waals surface area contributed by atoms with Crippen LogP contribution in [0.4, 0.5) is 0 Å². The monoisotopic (exact) mass is 132 g/mol.